The Morgan fingerprint density at radius 2 is 0.562 bits per heavy atom. The highest BCUT2D eigenvalue weighted by atomic mass is 16.7. The fraction of sp³-hybridized carbons (Fsp3) is 0.988. The molecule has 532 valence electrons. The second-order valence-electron chi connectivity index (χ2n) is 28.9. The molecular weight excluding hydrogens is 1100 g/mol. The van der Waals surface area contributed by atoms with E-state index in [9.17, 15) is 30.3 Å². The maximum Gasteiger partial charge on any atom is 0.220 e. The first-order valence-electron chi connectivity index (χ1n) is 40.7. The molecule has 0 saturated carbocycles. The summed E-state index contributed by atoms with van der Waals surface area (Å²) < 4.78 is 11.4. The van der Waals surface area contributed by atoms with Crippen LogP contribution in [-0.4, -0.2) is 87.5 Å². The van der Waals surface area contributed by atoms with Gasteiger partial charge in [-0.15, -0.1) is 0 Å². The number of aliphatic hydroxyl groups excluding tert-OH is 5. The van der Waals surface area contributed by atoms with Crippen LogP contribution in [0.5, 0.6) is 0 Å². The van der Waals surface area contributed by atoms with Crippen molar-refractivity contribution >= 4 is 5.91 Å². The van der Waals surface area contributed by atoms with Crippen molar-refractivity contribution < 1.29 is 39.8 Å². The van der Waals surface area contributed by atoms with Crippen molar-refractivity contribution in [1.29, 1.82) is 0 Å². The van der Waals surface area contributed by atoms with Gasteiger partial charge in [-0.2, -0.15) is 0 Å². The lowest BCUT2D eigenvalue weighted by atomic mass is 9.99. The molecule has 0 bridgehead atoms. The molecule has 9 nitrogen and oxygen atoms in total. The molecule has 1 saturated heterocycles. The Morgan fingerprint density at radius 1 is 0.337 bits per heavy atom. The first-order chi connectivity index (χ1) is 43.8. The Balaban J connectivity index is 2.01. The van der Waals surface area contributed by atoms with E-state index in [1.54, 1.807) is 0 Å². The number of unbranched alkanes of at least 4 members (excludes halogenated alkanes) is 64. The number of carbonyl (C=O) groups excluding carboxylic acids is 1. The standard InChI is InChI=1S/C80H159NO8/c1-3-5-7-9-11-13-15-17-19-21-23-25-27-29-31-32-33-34-35-36-37-38-39-40-41-42-43-44-46-48-50-52-54-56-58-60-62-64-66-68-70-76(84)81-73(72-88-80-79(87)78(86)77(85)75(71-82)89-80)74(83)69-67-65-63-61-59-57-55-53-51-49-47-45-30-28-26-24-22-20-18-16-14-12-10-8-6-4-2/h73-75,77-80,82-83,85-87H,3-72H2,1-2H3,(H,81,84). The second kappa shape index (κ2) is 70.0. The first kappa shape index (κ1) is 86.2. The van der Waals surface area contributed by atoms with Crippen molar-refractivity contribution in [2.24, 2.45) is 0 Å². The summed E-state index contributed by atoms with van der Waals surface area (Å²) in [6.45, 7) is 3.92. The van der Waals surface area contributed by atoms with Crippen LogP contribution in [0.2, 0.25) is 0 Å². The maximum atomic E-state index is 13.2. The third kappa shape index (κ3) is 58.3. The van der Waals surface area contributed by atoms with Crippen LogP contribution in [0.1, 0.15) is 450 Å². The molecule has 1 aliphatic heterocycles. The number of nitrogens with one attached hydrogen (secondary N) is 1. The Bertz CT molecular complexity index is 1370. The summed E-state index contributed by atoms with van der Waals surface area (Å²) in [5, 5.41) is 55.1. The molecule has 1 heterocycles. The van der Waals surface area contributed by atoms with Crippen LogP contribution in [0.15, 0.2) is 0 Å². The van der Waals surface area contributed by atoms with Gasteiger partial charge >= 0.3 is 0 Å². The van der Waals surface area contributed by atoms with Gasteiger partial charge in [-0.25, -0.2) is 0 Å². The zero-order valence-corrected chi connectivity index (χ0v) is 60.0. The molecule has 0 aromatic heterocycles. The SMILES string of the molecule is CCCCCCCCCCCCCCCCCCCCCCCCCCCCCCCCCCCCCCCCCCC(=O)NC(COC1OC(CO)C(O)C(O)C1O)C(O)CCCCCCCCCCCCCCCCCCCCCCCCCCCC. The molecule has 89 heavy (non-hydrogen) atoms. The molecule has 7 atom stereocenters. The molecule has 0 aromatic rings. The zero-order valence-electron chi connectivity index (χ0n) is 60.0. The lowest BCUT2D eigenvalue weighted by molar-refractivity contribution is -0.302. The third-order valence-corrected chi connectivity index (χ3v) is 20.2. The van der Waals surface area contributed by atoms with E-state index in [1.807, 2.05) is 0 Å². The normalized spacial score (nSPS) is 17.7. The molecule has 9 heteroatoms. The molecule has 6 N–H and O–H groups in total. The summed E-state index contributed by atoms with van der Waals surface area (Å²) >= 11 is 0. The van der Waals surface area contributed by atoms with Crippen molar-refractivity contribution in [3.8, 4) is 0 Å². The van der Waals surface area contributed by atoms with Gasteiger partial charge < -0.3 is 40.3 Å². The minimum absolute atomic E-state index is 0.130. The van der Waals surface area contributed by atoms with Gasteiger partial charge in [0, 0.05) is 6.42 Å². The smallest absolute Gasteiger partial charge is 0.220 e. The van der Waals surface area contributed by atoms with E-state index in [0.717, 1.165) is 38.5 Å². The highest BCUT2D eigenvalue weighted by Gasteiger charge is 2.44. The summed E-state index contributed by atoms with van der Waals surface area (Å²) in [7, 11) is 0. The van der Waals surface area contributed by atoms with E-state index in [1.165, 1.54) is 385 Å². The summed E-state index contributed by atoms with van der Waals surface area (Å²) in [4.78, 5) is 13.2. The predicted octanol–water partition coefficient (Wildman–Crippen LogP) is 23.2. The van der Waals surface area contributed by atoms with Gasteiger partial charge in [0.05, 0.1) is 25.4 Å². The summed E-state index contributed by atoms with van der Waals surface area (Å²) in [6, 6.07) is -0.716. The molecule has 0 spiro atoms. The minimum atomic E-state index is -1.55. The average Bonchev–Trinajstić information content (AvgIpc) is 2.30. The van der Waals surface area contributed by atoms with Gasteiger partial charge in [0.15, 0.2) is 6.29 Å². The summed E-state index contributed by atoms with van der Waals surface area (Å²) in [5.41, 5.74) is 0. The highest BCUT2D eigenvalue weighted by Crippen LogP contribution is 2.25. The van der Waals surface area contributed by atoms with Crippen LogP contribution in [-0.2, 0) is 14.3 Å². The average molecular weight is 1260 g/mol. The van der Waals surface area contributed by atoms with Crippen molar-refractivity contribution in [2.45, 2.75) is 493 Å². The molecule has 1 rings (SSSR count). The largest absolute Gasteiger partial charge is 0.394 e. The number of hydrogen-bond donors (Lipinski definition) is 6. The Labute approximate surface area is 554 Å². The maximum absolute atomic E-state index is 13.2. The molecule has 1 aliphatic rings. The fourth-order valence-corrected chi connectivity index (χ4v) is 13.9. The minimum Gasteiger partial charge on any atom is -0.394 e. The van der Waals surface area contributed by atoms with E-state index in [2.05, 4.69) is 19.2 Å². The van der Waals surface area contributed by atoms with Crippen molar-refractivity contribution in [1.82, 2.24) is 5.32 Å². The molecular formula is C80H159NO8. The van der Waals surface area contributed by atoms with Crippen LogP contribution in [0.25, 0.3) is 0 Å². The number of rotatable bonds is 74. The Kier molecular flexibility index (Phi) is 67.8. The third-order valence-electron chi connectivity index (χ3n) is 20.2. The van der Waals surface area contributed by atoms with E-state index in [-0.39, 0.29) is 12.5 Å². The number of hydrogen-bond acceptors (Lipinski definition) is 8. The number of carbonyl (C=O) groups is 1. The number of aliphatic hydroxyl groups is 5. The van der Waals surface area contributed by atoms with Crippen LogP contribution in [0.4, 0.5) is 0 Å². The van der Waals surface area contributed by atoms with E-state index >= 15 is 0 Å². The van der Waals surface area contributed by atoms with Crippen LogP contribution in [0, 0.1) is 0 Å². The summed E-state index contributed by atoms with van der Waals surface area (Å²) in [5.74, 6) is -0.131. The van der Waals surface area contributed by atoms with Gasteiger partial charge in [0.2, 0.25) is 5.91 Å². The van der Waals surface area contributed by atoms with E-state index in [0.29, 0.717) is 12.8 Å². The molecule has 7 unspecified atom stereocenters. The van der Waals surface area contributed by atoms with Crippen LogP contribution >= 0.6 is 0 Å². The fourth-order valence-electron chi connectivity index (χ4n) is 13.9. The van der Waals surface area contributed by atoms with Gasteiger partial charge in [-0.05, 0) is 12.8 Å². The van der Waals surface area contributed by atoms with Gasteiger partial charge in [0.25, 0.3) is 0 Å². The van der Waals surface area contributed by atoms with E-state index < -0.39 is 49.5 Å². The van der Waals surface area contributed by atoms with Gasteiger partial charge in [-0.1, -0.05) is 431 Å². The van der Waals surface area contributed by atoms with Crippen LogP contribution in [0.3, 0.4) is 0 Å². The monoisotopic (exact) mass is 1260 g/mol. The number of amides is 1. The molecule has 1 amide bonds. The Hall–Kier alpha value is -0.810. The van der Waals surface area contributed by atoms with Crippen LogP contribution < -0.4 is 5.32 Å². The number of ether oxygens (including phenoxy) is 2. The van der Waals surface area contributed by atoms with Crippen molar-refractivity contribution in [2.75, 3.05) is 13.2 Å². The zero-order chi connectivity index (χ0) is 64.2. The van der Waals surface area contributed by atoms with E-state index in [4.69, 9.17) is 9.47 Å². The quantitative estimate of drug-likeness (QED) is 0.0330. The predicted molar refractivity (Wildman–Crippen MR) is 383 cm³/mol. The second-order valence-corrected chi connectivity index (χ2v) is 28.9. The molecule has 0 radical (unpaired) electrons. The van der Waals surface area contributed by atoms with Crippen molar-refractivity contribution in [3.05, 3.63) is 0 Å². The highest BCUT2D eigenvalue weighted by molar-refractivity contribution is 5.76. The lowest BCUT2D eigenvalue weighted by Gasteiger charge is -2.40. The molecule has 1 fully saturated rings. The van der Waals surface area contributed by atoms with Crippen molar-refractivity contribution in [3.63, 3.8) is 0 Å². The topological polar surface area (TPSA) is 149 Å². The lowest BCUT2D eigenvalue weighted by Crippen LogP contribution is -2.60. The summed E-state index contributed by atoms with van der Waals surface area (Å²) in [6.07, 6.45) is 83.8. The first-order valence-corrected chi connectivity index (χ1v) is 40.7. The molecule has 0 aromatic carbocycles. The Morgan fingerprint density at radius 3 is 0.798 bits per heavy atom. The van der Waals surface area contributed by atoms with Gasteiger partial charge in [-0.3, -0.25) is 4.79 Å². The molecule has 0 aliphatic carbocycles. The van der Waals surface area contributed by atoms with Gasteiger partial charge in [0.1, 0.15) is 24.4 Å².